The summed E-state index contributed by atoms with van der Waals surface area (Å²) in [5, 5.41) is 10.9. The molecule has 35 heavy (non-hydrogen) atoms. The van der Waals surface area contributed by atoms with Gasteiger partial charge in [-0.05, 0) is 17.4 Å². The topological polar surface area (TPSA) is 49.8 Å². The van der Waals surface area contributed by atoms with Gasteiger partial charge in [0, 0.05) is 11.1 Å². The van der Waals surface area contributed by atoms with Crippen LogP contribution in [0.5, 0.6) is 0 Å². The third-order valence-electron chi connectivity index (χ3n) is 6.57. The molecule has 3 atom stereocenters. The molecule has 0 radical (unpaired) electrons. The third kappa shape index (κ3) is 4.11. The van der Waals surface area contributed by atoms with Crippen LogP contribution in [0.2, 0.25) is 0 Å². The van der Waals surface area contributed by atoms with Gasteiger partial charge in [-0.2, -0.15) is 0 Å². The first-order valence-electron chi connectivity index (χ1n) is 11.6. The van der Waals surface area contributed by atoms with Crippen LogP contribution in [-0.2, 0) is 10.3 Å². The fraction of sp³-hybridized carbons (Fsp3) is 0.167. The zero-order chi connectivity index (χ0) is 24.3. The Kier molecular flexibility index (Phi) is 6.62. The lowest BCUT2D eigenvalue weighted by Crippen LogP contribution is -2.43. The molecule has 1 saturated heterocycles. The number of thioether (sulfide) groups is 1. The molecule has 1 aliphatic rings. The number of hydrogen-bond donors (Lipinski definition) is 1. The van der Waals surface area contributed by atoms with Crippen LogP contribution in [0.25, 0.3) is 0 Å². The van der Waals surface area contributed by atoms with E-state index in [9.17, 15) is 9.90 Å². The summed E-state index contributed by atoms with van der Waals surface area (Å²) in [5.74, 6) is 0. The summed E-state index contributed by atoms with van der Waals surface area (Å²) in [7, 11) is 0. The SMILES string of the molecule is CS[C@H]([C@H](O)c1ccccc1)N1C(=O)OC(c2ccccc2)(c2ccccc2)[C@H]1c1ccccc1. The highest BCUT2D eigenvalue weighted by atomic mass is 32.2. The van der Waals surface area contributed by atoms with Gasteiger partial charge in [0.2, 0.25) is 0 Å². The van der Waals surface area contributed by atoms with E-state index < -0.39 is 29.2 Å². The van der Waals surface area contributed by atoms with Crippen molar-refractivity contribution in [3.63, 3.8) is 0 Å². The van der Waals surface area contributed by atoms with Crippen LogP contribution >= 0.6 is 11.8 Å². The van der Waals surface area contributed by atoms with E-state index >= 15 is 0 Å². The van der Waals surface area contributed by atoms with Gasteiger partial charge in [0.15, 0.2) is 5.60 Å². The molecule has 0 aliphatic carbocycles. The Balaban J connectivity index is 1.74. The number of aliphatic hydroxyl groups excluding tert-OH is 1. The maximum Gasteiger partial charge on any atom is 0.412 e. The molecule has 0 spiro atoms. The maximum atomic E-state index is 13.8. The van der Waals surface area contributed by atoms with Crippen molar-refractivity contribution in [3.05, 3.63) is 144 Å². The van der Waals surface area contributed by atoms with Crippen molar-refractivity contribution in [3.8, 4) is 0 Å². The Bertz CT molecular complexity index is 1210. The van der Waals surface area contributed by atoms with Crippen LogP contribution in [0.15, 0.2) is 121 Å². The Labute approximate surface area is 210 Å². The number of hydrogen-bond acceptors (Lipinski definition) is 4. The highest BCUT2D eigenvalue weighted by Gasteiger charge is 2.59. The summed E-state index contributed by atoms with van der Waals surface area (Å²) in [6.45, 7) is 0. The number of benzene rings is 4. The van der Waals surface area contributed by atoms with E-state index in [4.69, 9.17) is 4.74 Å². The van der Waals surface area contributed by atoms with Crippen LogP contribution < -0.4 is 0 Å². The molecule has 1 heterocycles. The molecule has 5 rings (SSSR count). The summed E-state index contributed by atoms with van der Waals surface area (Å²) >= 11 is 1.44. The van der Waals surface area contributed by atoms with Crippen molar-refractivity contribution in [2.24, 2.45) is 0 Å². The first-order valence-corrected chi connectivity index (χ1v) is 12.9. The Morgan fingerprint density at radius 1 is 0.771 bits per heavy atom. The highest BCUT2D eigenvalue weighted by Crippen LogP contribution is 2.54. The number of aliphatic hydroxyl groups is 1. The molecule has 0 aromatic heterocycles. The number of nitrogens with zero attached hydrogens (tertiary/aromatic N) is 1. The average molecular weight is 482 g/mol. The van der Waals surface area contributed by atoms with Gasteiger partial charge < -0.3 is 9.84 Å². The summed E-state index contributed by atoms with van der Waals surface area (Å²) in [5.41, 5.74) is 2.36. The lowest BCUT2D eigenvalue weighted by molar-refractivity contribution is 0.0650. The molecule has 5 heteroatoms. The Hall–Kier alpha value is -3.54. The van der Waals surface area contributed by atoms with Gasteiger partial charge in [-0.15, -0.1) is 11.8 Å². The minimum atomic E-state index is -1.09. The van der Waals surface area contributed by atoms with Crippen LogP contribution in [-0.4, -0.2) is 27.7 Å². The quantitative estimate of drug-likeness (QED) is 0.325. The highest BCUT2D eigenvalue weighted by molar-refractivity contribution is 7.99. The lowest BCUT2D eigenvalue weighted by Gasteiger charge is -2.39. The molecule has 4 nitrogen and oxygen atoms in total. The van der Waals surface area contributed by atoms with Crippen molar-refractivity contribution >= 4 is 17.9 Å². The van der Waals surface area contributed by atoms with Crippen molar-refractivity contribution in [2.75, 3.05) is 6.26 Å². The summed E-state index contributed by atoms with van der Waals surface area (Å²) in [6, 6.07) is 38.7. The molecule has 0 unspecified atom stereocenters. The molecule has 1 aliphatic heterocycles. The van der Waals surface area contributed by atoms with Gasteiger partial charge in [-0.1, -0.05) is 121 Å². The van der Waals surface area contributed by atoms with Gasteiger partial charge in [0.25, 0.3) is 0 Å². The fourth-order valence-corrected chi connectivity index (χ4v) is 5.86. The zero-order valence-electron chi connectivity index (χ0n) is 19.4. The van der Waals surface area contributed by atoms with E-state index in [0.29, 0.717) is 0 Å². The molecular weight excluding hydrogens is 454 g/mol. The van der Waals surface area contributed by atoms with E-state index in [-0.39, 0.29) is 0 Å². The minimum absolute atomic E-state index is 0.458. The maximum absolute atomic E-state index is 13.8. The standard InChI is InChI=1S/C30H27NO3S/c1-35-28(26(32)22-14-6-2-7-15-22)31-27(23-16-8-3-9-17-23)30(34-29(31)33,24-18-10-4-11-19-24)25-20-12-5-13-21-25/h2-21,26-28,32H,1H3/t26-,27-,28-/m1/s1. The van der Waals surface area contributed by atoms with Gasteiger partial charge in [0.05, 0.1) is 0 Å². The minimum Gasteiger partial charge on any atom is -0.430 e. The first-order chi connectivity index (χ1) is 17.2. The van der Waals surface area contributed by atoms with Crippen molar-refractivity contribution in [1.29, 1.82) is 0 Å². The van der Waals surface area contributed by atoms with Gasteiger partial charge in [0.1, 0.15) is 17.5 Å². The van der Waals surface area contributed by atoms with E-state index in [1.165, 1.54) is 11.8 Å². The number of ether oxygens (including phenoxy) is 1. The van der Waals surface area contributed by atoms with E-state index in [1.54, 1.807) is 4.90 Å². The van der Waals surface area contributed by atoms with Crippen LogP contribution in [0.3, 0.4) is 0 Å². The largest absolute Gasteiger partial charge is 0.430 e. The number of amides is 1. The number of carbonyl (C=O) groups excluding carboxylic acids is 1. The van der Waals surface area contributed by atoms with E-state index in [2.05, 4.69) is 0 Å². The van der Waals surface area contributed by atoms with Gasteiger partial charge in [-0.25, -0.2) is 4.79 Å². The Morgan fingerprint density at radius 2 is 1.23 bits per heavy atom. The zero-order valence-corrected chi connectivity index (χ0v) is 20.2. The molecule has 1 fully saturated rings. The molecule has 176 valence electrons. The van der Waals surface area contributed by atoms with Crippen LogP contribution in [0.1, 0.15) is 34.4 Å². The first kappa shape index (κ1) is 23.2. The predicted octanol–water partition coefficient (Wildman–Crippen LogP) is 6.55. The fourth-order valence-electron chi connectivity index (χ4n) is 5.01. The number of rotatable bonds is 7. The lowest BCUT2D eigenvalue weighted by atomic mass is 9.77. The van der Waals surface area contributed by atoms with E-state index in [1.807, 2.05) is 128 Å². The molecule has 1 amide bonds. The van der Waals surface area contributed by atoms with Crippen molar-refractivity contribution < 1.29 is 14.6 Å². The summed E-state index contributed by atoms with van der Waals surface area (Å²) < 4.78 is 6.43. The molecule has 0 bridgehead atoms. The van der Waals surface area contributed by atoms with Crippen LogP contribution in [0.4, 0.5) is 4.79 Å². The second kappa shape index (κ2) is 9.98. The third-order valence-corrected chi connectivity index (χ3v) is 7.54. The average Bonchev–Trinajstić information content (AvgIpc) is 3.24. The van der Waals surface area contributed by atoms with Crippen LogP contribution in [0, 0.1) is 0 Å². The number of cyclic esters (lactones) is 1. The molecular formula is C30H27NO3S. The summed E-state index contributed by atoms with van der Waals surface area (Å²) in [6.07, 6.45) is 0.560. The monoisotopic (exact) mass is 481 g/mol. The molecule has 1 N–H and O–H groups in total. The second-order valence-electron chi connectivity index (χ2n) is 8.54. The van der Waals surface area contributed by atoms with Gasteiger partial charge >= 0.3 is 6.09 Å². The van der Waals surface area contributed by atoms with Gasteiger partial charge in [-0.3, -0.25) is 4.90 Å². The van der Waals surface area contributed by atoms with Crippen molar-refractivity contribution in [2.45, 2.75) is 23.1 Å². The second-order valence-corrected chi connectivity index (χ2v) is 9.49. The van der Waals surface area contributed by atoms with Crippen molar-refractivity contribution in [1.82, 2.24) is 4.90 Å². The normalized spacial score (nSPS) is 18.6. The smallest absolute Gasteiger partial charge is 0.412 e. The molecule has 4 aromatic rings. The molecule has 0 saturated carbocycles. The summed E-state index contributed by atoms with van der Waals surface area (Å²) in [4.78, 5) is 15.6. The Morgan fingerprint density at radius 3 is 1.71 bits per heavy atom. The predicted molar refractivity (Wildman–Crippen MR) is 140 cm³/mol. The molecule has 4 aromatic carbocycles. The van der Waals surface area contributed by atoms with E-state index in [0.717, 1.165) is 22.3 Å². The number of carbonyl (C=O) groups is 1.